The lowest BCUT2D eigenvalue weighted by Gasteiger charge is -2.34. The van der Waals surface area contributed by atoms with Gasteiger partial charge in [0.25, 0.3) is 0 Å². The summed E-state index contributed by atoms with van der Waals surface area (Å²) in [6.07, 6.45) is 4.13. The number of hydrogen-bond donors (Lipinski definition) is 1. The Morgan fingerprint density at radius 1 is 1.42 bits per heavy atom. The standard InChI is InChI=1S/C11H23N/c1-9(2)11(4)7-5-6-10(3)8-12-11/h9-10,12H,5-8H2,1-4H3/t10-,11+/m1/s1. The summed E-state index contributed by atoms with van der Waals surface area (Å²) in [5, 5.41) is 3.71. The maximum Gasteiger partial charge on any atom is 0.0176 e. The average Bonchev–Trinajstić information content (AvgIpc) is 2.15. The van der Waals surface area contributed by atoms with Gasteiger partial charge in [-0.05, 0) is 38.1 Å². The van der Waals surface area contributed by atoms with Gasteiger partial charge >= 0.3 is 0 Å². The van der Waals surface area contributed by atoms with Gasteiger partial charge in [0, 0.05) is 5.54 Å². The molecule has 1 N–H and O–H groups in total. The highest BCUT2D eigenvalue weighted by Crippen LogP contribution is 2.27. The summed E-state index contributed by atoms with van der Waals surface area (Å²) >= 11 is 0. The molecule has 0 aliphatic carbocycles. The Hall–Kier alpha value is -0.0400. The normalized spacial score (nSPS) is 38.2. The minimum absolute atomic E-state index is 0.394. The molecule has 12 heavy (non-hydrogen) atoms. The van der Waals surface area contributed by atoms with Gasteiger partial charge in [-0.2, -0.15) is 0 Å². The second-order valence-electron chi connectivity index (χ2n) is 4.95. The van der Waals surface area contributed by atoms with Crippen LogP contribution in [0, 0.1) is 11.8 Å². The highest BCUT2D eigenvalue weighted by molar-refractivity contribution is 4.88. The van der Waals surface area contributed by atoms with Crippen LogP contribution in [0.3, 0.4) is 0 Å². The Morgan fingerprint density at radius 2 is 2.08 bits per heavy atom. The van der Waals surface area contributed by atoms with Gasteiger partial charge in [0.1, 0.15) is 0 Å². The largest absolute Gasteiger partial charge is 0.311 e. The number of nitrogens with one attached hydrogen (secondary N) is 1. The van der Waals surface area contributed by atoms with Crippen molar-refractivity contribution < 1.29 is 0 Å². The van der Waals surface area contributed by atoms with Crippen LogP contribution in [0.15, 0.2) is 0 Å². The van der Waals surface area contributed by atoms with Crippen molar-refractivity contribution in [1.29, 1.82) is 0 Å². The van der Waals surface area contributed by atoms with Crippen LogP contribution in [0.4, 0.5) is 0 Å². The van der Waals surface area contributed by atoms with Crippen LogP contribution in [-0.2, 0) is 0 Å². The van der Waals surface area contributed by atoms with Gasteiger partial charge in [-0.15, -0.1) is 0 Å². The van der Waals surface area contributed by atoms with Gasteiger partial charge in [0.05, 0.1) is 0 Å². The van der Waals surface area contributed by atoms with Crippen molar-refractivity contribution in [2.45, 2.75) is 52.5 Å². The molecule has 0 saturated carbocycles. The van der Waals surface area contributed by atoms with E-state index in [1.54, 1.807) is 0 Å². The second kappa shape index (κ2) is 3.78. The van der Waals surface area contributed by atoms with E-state index < -0.39 is 0 Å². The molecule has 0 aromatic heterocycles. The van der Waals surface area contributed by atoms with Gasteiger partial charge < -0.3 is 5.32 Å². The lowest BCUT2D eigenvalue weighted by molar-refractivity contribution is 0.251. The van der Waals surface area contributed by atoms with Crippen molar-refractivity contribution >= 4 is 0 Å². The van der Waals surface area contributed by atoms with Crippen LogP contribution in [0.25, 0.3) is 0 Å². The maximum absolute atomic E-state index is 3.71. The molecule has 0 aromatic carbocycles. The molecule has 0 aromatic rings. The van der Waals surface area contributed by atoms with Crippen LogP contribution in [0.2, 0.25) is 0 Å². The molecule has 0 bridgehead atoms. The van der Waals surface area contributed by atoms with Crippen LogP contribution in [0.1, 0.15) is 47.0 Å². The van der Waals surface area contributed by atoms with Gasteiger partial charge in [0.2, 0.25) is 0 Å². The fourth-order valence-electron chi connectivity index (χ4n) is 1.91. The highest BCUT2D eigenvalue weighted by Gasteiger charge is 2.29. The molecule has 0 amide bonds. The first-order chi connectivity index (χ1) is 5.54. The zero-order valence-corrected chi connectivity index (χ0v) is 8.98. The zero-order chi connectivity index (χ0) is 9.19. The molecular weight excluding hydrogens is 146 g/mol. The Kier molecular flexibility index (Phi) is 3.16. The molecule has 1 rings (SSSR count). The van der Waals surface area contributed by atoms with Crippen LogP contribution in [-0.4, -0.2) is 12.1 Å². The molecule has 1 nitrogen and oxygen atoms in total. The van der Waals surface area contributed by atoms with Crippen molar-refractivity contribution in [3.05, 3.63) is 0 Å². The van der Waals surface area contributed by atoms with E-state index >= 15 is 0 Å². The summed E-state index contributed by atoms with van der Waals surface area (Å²) in [6.45, 7) is 10.6. The van der Waals surface area contributed by atoms with Crippen molar-refractivity contribution in [2.24, 2.45) is 11.8 Å². The quantitative estimate of drug-likeness (QED) is 0.636. The van der Waals surface area contributed by atoms with E-state index in [1.807, 2.05) is 0 Å². The van der Waals surface area contributed by atoms with Crippen LogP contribution in [0.5, 0.6) is 0 Å². The first kappa shape index (κ1) is 10.0. The zero-order valence-electron chi connectivity index (χ0n) is 8.98. The predicted molar refractivity (Wildman–Crippen MR) is 54.3 cm³/mol. The Bertz CT molecular complexity index is 142. The second-order valence-corrected chi connectivity index (χ2v) is 4.95. The highest BCUT2D eigenvalue weighted by atomic mass is 15.0. The SMILES string of the molecule is CC(C)[C@]1(C)CCC[C@@H](C)CN1. The van der Waals surface area contributed by atoms with E-state index in [2.05, 4.69) is 33.0 Å². The first-order valence-corrected chi connectivity index (χ1v) is 5.29. The first-order valence-electron chi connectivity index (χ1n) is 5.29. The summed E-state index contributed by atoms with van der Waals surface area (Å²) < 4.78 is 0. The minimum Gasteiger partial charge on any atom is -0.311 e. The number of rotatable bonds is 1. The summed E-state index contributed by atoms with van der Waals surface area (Å²) in [4.78, 5) is 0. The molecule has 1 aliphatic rings. The van der Waals surface area contributed by atoms with E-state index in [0.29, 0.717) is 5.54 Å². The molecule has 1 fully saturated rings. The topological polar surface area (TPSA) is 12.0 Å². The summed E-state index contributed by atoms with van der Waals surface area (Å²) in [5.41, 5.74) is 0.394. The van der Waals surface area contributed by atoms with Gasteiger partial charge in [0.15, 0.2) is 0 Å². The molecule has 2 atom stereocenters. The lowest BCUT2D eigenvalue weighted by atomic mass is 9.84. The maximum atomic E-state index is 3.71. The summed E-state index contributed by atoms with van der Waals surface area (Å²) in [5.74, 6) is 1.62. The molecule has 72 valence electrons. The Balaban J connectivity index is 2.55. The third-order valence-corrected chi connectivity index (χ3v) is 3.52. The van der Waals surface area contributed by atoms with Crippen molar-refractivity contribution in [1.82, 2.24) is 5.32 Å². The molecule has 1 saturated heterocycles. The molecule has 0 unspecified atom stereocenters. The number of hydrogen-bond acceptors (Lipinski definition) is 1. The van der Waals surface area contributed by atoms with E-state index in [9.17, 15) is 0 Å². The van der Waals surface area contributed by atoms with Gasteiger partial charge in [-0.3, -0.25) is 0 Å². The van der Waals surface area contributed by atoms with Crippen LogP contribution >= 0.6 is 0 Å². The Labute approximate surface area is 76.9 Å². The third kappa shape index (κ3) is 2.22. The van der Waals surface area contributed by atoms with E-state index in [-0.39, 0.29) is 0 Å². The third-order valence-electron chi connectivity index (χ3n) is 3.52. The Morgan fingerprint density at radius 3 is 2.67 bits per heavy atom. The molecule has 1 heteroatoms. The van der Waals surface area contributed by atoms with Gasteiger partial charge in [-0.25, -0.2) is 0 Å². The minimum atomic E-state index is 0.394. The molecule has 0 radical (unpaired) electrons. The van der Waals surface area contributed by atoms with Crippen molar-refractivity contribution in [2.75, 3.05) is 6.54 Å². The van der Waals surface area contributed by atoms with Crippen molar-refractivity contribution in [3.63, 3.8) is 0 Å². The van der Waals surface area contributed by atoms with E-state index in [0.717, 1.165) is 11.8 Å². The molecular formula is C11H23N. The molecule has 1 heterocycles. The predicted octanol–water partition coefficient (Wildman–Crippen LogP) is 2.81. The average molecular weight is 169 g/mol. The van der Waals surface area contributed by atoms with E-state index in [1.165, 1.54) is 25.8 Å². The monoisotopic (exact) mass is 169 g/mol. The molecule has 0 spiro atoms. The lowest BCUT2D eigenvalue weighted by Crippen LogP contribution is -2.46. The summed E-state index contributed by atoms with van der Waals surface area (Å²) in [7, 11) is 0. The summed E-state index contributed by atoms with van der Waals surface area (Å²) in [6, 6.07) is 0. The smallest absolute Gasteiger partial charge is 0.0176 e. The van der Waals surface area contributed by atoms with Gasteiger partial charge in [-0.1, -0.05) is 27.2 Å². The van der Waals surface area contributed by atoms with Crippen LogP contribution < -0.4 is 5.32 Å². The molecule has 1 aliphatic heterocycles. The fourth-order valence-corrected chi connectivity index (χ4v) is 1.91. The fraction of sp³-hybridized carbons (Fsp3) is 1.00. The van der Waals surface area contributed by atoms with Crippen molar-refractivity contribution in [3.8, 4) is 0 Å². The van der Waals surface area contributed by atoms with E-state index in [4.69, 9.17) is 0 Å².